The molecule has 1 aromatic carbocycles. The summed E-state index contributed by atoms with van der Waals surface area (Å²) in [5, 5.41) is 13.7. The Balaban J connectivity index is 2.00. The topological polar surface area (TPSA) is 75.1 Å². The van der Waals surface area contributed by atoms with Crippen LogP contribution in [0, 0.1) is 0 Å². The number of aliphatic carboxylic acids is 1. The van der Waals surface area contributed by atoms with Gasteiger partial charge in [0, 0.05) is 5.39 Å². The molecule has 0 bridgehead atoms. The van der Waals surface area contributed by atoms with E-state index >= 15 is 0 Å². The maximum absolute atomic E-state index is 11.7. The lowest BCUT2D eigenvalue weighted by Gasteiger charge is -2.34. The van der Waals surface area contributed by atoms with Gasteiger partial charge >= 0.3 is 5.97 Å². The Hall–Kier alpha value is -2.17. The predicted molar refractivity (Wildman–Crippen MR) is 76.6 cm³/mol. The molecule has 0 radical (unpaired) electrons. The maximum Gasteiger partial charge on any atom is 0.329 e. The molecule has 104 valence electrons. The van der Waals surface area contributed by atoms with Gasteiger partial charge in [-0.15, -0.1) is 0 Å². The number of nitrogens with one attached hydrogen (secondary N) is 1. The highest BCUT2D eigenvalue weighted by atomic mass is 16.4. The molecule has 0 unspecified atom stereocenters. The number of carboxylic acids is 1. The fourth-order valence-electron chi connectivity index (χ4n) is 2.88. The predicted octanol–water partition coefficient (Wildman–Crippen LogP) is 2.83. The van der Waals surface area contributed by atoms with Gasteiger partial charge in [-0.1, -0.05) is 31.4 Å². The van der Waals surface area contributed by atoms with E-state index < -0.39 is 11.5 Å². The number of aromatic nitrogens is 2. The number of hydrogen-bond donors (Lipinski definition) is 2. The standard InChI is InChI=1S/C15H17N3O2/c19-14(20)15(8-4-1-5-9-15)18-13-11-6-2-3-7-12(11)16-10-17-13/h2-3,6-7,10H,1,4-5,8-9H2,(H,19,20)(H,16,17,18). The number of rotatable bonds is 3. The second-order valence-corrected chi connectivity index (χ2v) is 5.31. The normalized spacial score (nSPS) is 17.8. The van der Waals surface area contributed by atoms with Gasteiger partial charge in [-0.05, 0) is 25.0 Å². The van der Waals surface area contributed by atoms with Gasteiger partial charge < -0.3 is 10.4 Å². The van der Waals surface area contributed by atoms with Gasteiger partial charge in [-0.2, -0.15) is 0 Å². The highest BCUT2D eigenvalue weighted by Gasteiger charge is 2.40. The summed E-state index contributed by atoms with van der Waals surface area (Å²) in [4.78, 5) is 20.2. The molecule has 1 fully saturated rings. The third-order valence-electron chi connectivity index (χ3n) is 4.02. The monoisotopic (exact) mass is 271 g/mol. The van der Waals surface area contributed by atoms with Crippen LogP contribution in [0.5, 0.6) is 0 Å². The van der Waals surface area contributed by atoms with Gasteiger partial charge in [0.05, 0.1) is 5.52 Å². The second kappa shape index (κ2) is 5.07. The Labute approximate surface area is 117 Å². The molecular formula is C15H17N3O2. The minimum absolute atomic E-state index is 0.611. The van der Waals surface area contributed by atoms with Crippen LogP contribution in [0.25, 0.3) is 10.9 Å². The van der Waals surface area contributed by atoms with Crippen molar-refractivity contribution < 1.29 is 9.90 Å². The lowest BCUT2D eigenvalue weighted by atomic mass is 9.81. The van der Waals surface area contributed by atoms with E-state index in [4.69, 9.17) is 0 Å². The van der Waals surface area contributed by atoms with Crippen LogP contribution in [0.4, 0.5) is 5.82 Å². The molecule has 1 aliphatic rings. The van der Waals surface area contributed by atoms with Crippen LogP contribution in [0.2, 0.25) is 0 Å². The summed E-state index contributed by atoms with van der Waals surface area (Å²) in [6.45, 7) is 0. The van der Waals surface area contributed by atoms with Crippen molar-refractivity contribution in [1.82, 2.24) is 9.97 Å². The van der Waals surface area contributed by atoms with Crippen LogP contribution in [-0.4, -0.2) is 26.6 Å². The van der Waals surface area contributed by atoms with Crippen LogP contribution in [0.1, 0.15) is 32.1 Å². The minimum Gasteiger partial charge on any atom is -0.480 e. The molecule has 1 aliphatic carbocycles. The molecule has 20 heavy (non-hydrogen) atoms. The zero-order chi connectivity index (χ0) is 14.0. The summed E-state index contributed by atoms with van der Waals surface area (Å²) in [6, 6.07) is 7.63. The van der Waals surface area contributed by atoms with Gasteiger partial charge in [0.2, 0.25) is 0 Å². The number of benzene rings is 1. The summed E-state index contributed by atoms with van der Waals surface area (Å²) < 4.78 is 0. The fraction of sp³-hybridized carbons (Fsp3) is 0.400. The molecule has 2 aromatic rings. The number of anilines is 1. The molecular weight excluding hydrogens is 254 g/mol. The summed E-state index contributed by atoms with van der Waals surface area (Å²) in [6.07, 6.45) is 5.72. The zero-order valence-electron chi connectivity index (χ0n) is 11.2. The molecule has 1 heterocycles. The average Bonchev–Trinajstić information content (AvgIpc) is 2.48. The third kappa shape index (κ3) is 2.19. The van der Waals surface area contributed by atoms with E-state index in [1.165, 1.54) is 6.33 Å². The second-order valence-electron chi connectivity index (χ2n) is 5.31. The number of fused-ring (bicyclic) bond motifs is 1. The smallest absolute Gasteiger partial charge is 0.329 e. The molecule has 2 N–H and O–H groups in total. The van der Waals surface area contributed by atoms with Gasteiger partial charge in [-0.25, -0.2) is 14.8 Å². The van der Waals surface area contributed by atoms with Crippen molar-refractivity contribution in [1.29, 1.82) is 0 Å². The average molecular weight is 271 g/mol. The van der Waals surface area contributed by atoms with E-state index in [-0.39, 0.29) is 0 Å². The van der Waals surface area contributed by atoms with Gasteiger partial charge in [0.25, 0.3) is 0 Å². The number of para-hydroxylation sites is 1. The largest absolute Gasteiger partial charge is 0.480 e. The number of carboxylic acid groups (broad SMARTS) is 1. The highest BCUT2D eigenvalue weighted by molar-refractivity contribution is 5.92. The molecule has 1 aromatic heterocycles. The molecule has 5 nitrogen and oxygen atoms in total. The van der Waals surface area contributed by atoms with Gasteiger partial charge in [0.1, 0.15) is 17.7 Å². The fourth-order valence-corrected chi connectivity index (χ4v) is 2.88. The Morgan fingerprint density at radius 1 is 1.15 bits per heavy atom. The van der Waals surface area contributed by atoms with Crippen LogP contribution in [-0.2, 0) is 4.79 Å². The van der Waals surface area contributed by atoms with Gasteiger partial charge in [0.15, 0.2) is 0 Å². The summed E-state index contributed by atoms with van der Waals surface area (Å²) in [5.41, 5.74) is -0.0728. The first-order valence-electron chi connectivity index (χ1n) is 6.93. The Bertz CT molecular complexity index is 631. The summed E-state index contributed by atoms with van der Waals surface area (Å²) in [7, 11) is 0. The first kappa shape index (κ1) is 12.8. The Morgan fingerprint density at radius 2 is 1.90 bits per heavy atom. The van der Waals surface area contributed by atoms with Crippen molar-refractivity contribution in [3.8, 4) is 0 Å². The SMILES string of the molecule is O=C(O)C1(Nc2ncnc3ccccc23)CCCCC1. The van der Waals surface area contributed by atoms with Crippen LogP contribution in [0.15, 0.2) is 30.6 Å². The van der Waals surface area contributed by atoms with E-state index in [0.717, 1.165) is 30.2 Å². The highest BCUT2D eigenvalue weighted by Crippen LogP contribution is 2.33. The van der Waals surface area contributed by atoms with E-state index in [1.807, 2.05) is 24.3 Å². The first-order valence-corrected chi connectivity index (χ1v) is 6.93. The Kier molecular flexibility index (Phi) is 3.26. The lowest BCUT2D eigenvalue weighted by Crippen LogP contribution is -2.48. The number of nitrogens with zero attached hydrogens (tertiary/aromatic N) is 2. The molecule has 1 saturated carbocycles. The quantitative estimate of drug-likeness (QED) is 0.897. The molecule has 0 aliphatic heterocycles. The molecule has 0 saturated heterocycles. The van der Waals surface area contributed by atoms with Crippen molar-refractivity contribution >= 4 is 22.7 Å². The summed E-state index contributed by atoms with van der Waals surface area (Å²) >= 11 is 0. The zero-order valence-corrected chi connectivity index (χ0v) is 11.2. The number of hydrogen-bond acceptors (Lipinski definition) is 4. The van der Waals surface area contributed by atoms with E-state index in [2.05, 4.69) is 15.3 Å². The Morgan fingerprint density at radius 3 is 2.65 bits per heavy atom. The first-order chi connectivity index (χ1) is 9.71. The van der Waals surface area contributed by atoms with Crippen molar-refractivity contribution in [3.05, 3.63) is 30.6 Å². The van der Waals surface area contributed by atoms with E-state index in [9.17, 15) is 9.90 Å². The van der Waals surface area contributed by atoms with E-state index in [1.54, 1.807) is 0 Å². The van der Waals surface area contributed by atoms with Crippen LogP contribution in [0.3, 0.4) is 0 Å². The molecule has 0 spiro atoms. The maximum atomic E-state index is 11.7. The van der Waals surface area contributed by atoms with Crippen LogP contribution >= 0.6 is 0 Å². The van der Waals surface area contributed by atoms with Gasteiger partial charge in [-0.3, -0.25) is 0 Å². The molecule has 0 amide bonds. The molecule has 5 heteroatoms. The van der Waals surface area contributed by atoms with Crippen molar-refractivity contribution in [2.45, 2.75) is 37.6 Å². The molecule has 3 rings (SSSR count). The lowest BCUT2D eigenvalue weighted by molar-refractivity contribution is -0.143. The summed E-state index contributed by atoms with van der Waals surface area (Å²) in [5.74, 6) is -0.181. The molecule has 0 atom stereocenters. The van der Waals surface area contributed by atoms with Crippen molar-refractivity contribution in [2.75, 3.05) is 5.32 Å². The minimum atomic E-state index is -0.893. The van der Waals surface area contributed by atoms with Crippen LogP contribution < -0.4 is 5.32 Å². The third-order valence-corrected chi connectivity index (χ3v) is 4.02. The number of carbonyl (C=O) groups is 1. The van der Waals surface area contributed by atoms with Crippen molar-refractivity contribution in [2.24, 2.45) is 0 Å². The van der Waals surface area contributed by atoms with Crippen molar-refractivity contribution in [3.63, 3.8) is 0 Å². The van der Waals surface area contributed by atoms with E-state index in [0.29, 0.717) is 18.7 Å².